The van der Waals surface area contributed by atoms with Crippen molar-refractivity contribution in [1.29, 1.82) is 0 Å². The molecule has 264 valence electrons. The SMILES string of the molecule is COc1ccc(N(C(=O)Oc2c(C)cccc2C)c2ccnc(Nc3cnc(N4CCC(N5CCN(C)CC5)CC4)cc3OC)n2)c(OC)c1. The molecule has 2 aliphatic rings. The van der Waals surface area contributed by atoms with E-state index in [9.17, 15) is 4.79 Å². The van der Waals surface area contributed by atoms with Gasteiger partial charge in [-0.2, -0.15) is 4.98 Å². The monoisotopic (exact) mass is 682 g/mol. The molecule has 50 heavy (non-hydrogen) atoms. The molecule has 4 aromatic rings. The van der Waals surface area contributed by atoms with Crippen LogP contribution in [0.5, 0.6) is 23.0 Å². The zero-order valence-electron chi connectivity index (χ0n) is 29.7. The van der Waals surface area contributed by atoms with Crippen molar-refractivity contribution >= 4 is 35.1 Å². The highest BCUT2D eigenvalue weighted by molar-refractivity contribution is 5.98. The second kappa shape index (κ2) is 15.6. The normalized spacial score (nSPS) is 15.8. The molecule has 0 atom stereocenters. The van der Waals surface area contributed by atoms with Crippen LogP contribution in [0.4, 0.5) is 33.8 Å². The Kier molecular flexibility index (Phi) is 10.8. The Balaban J connectivity index is 1.23. The van der Waals surface area contributed by atoms with Crippen molar-refractivity contribution in [1.82, 2.24) is 24.8 Å². The Morgan fingerprint density at radius 2 is 1.58 bits per heavy atom. The summed E-state index contributed by atoms with van der Waals surface area (Å²) in [6, 6.07) is 15.0. The maximum absolute atomic E-state index is 14.0. The van der Waals surface area contributed by atoms with Crippen LogP contribution in [-0.4, -0.2) is 105 Å². The van der Waals surface area contributed by atoms with E-state index in [1.54, 1.807) is 50.9 Å². The van der Waals surface area contributed by atoms with Gasteiger partial charge in [0.2, 0.25) is 5.95 Å². The molecule has 1 amide bonds. The minimum atomic E-state index is -0.671. The van der Waals surface area contributed by atoms with Crippen LogP contribution in [0.15, 0.2) is 60.9 Å². The van der Waals surface area contributed by atoms with Gasteiger partial charge in [0.05, 0.1) is 33.2 Å². The summed E-state index contributed by atoms with van der Waals surface area (Å²) in [6.45, 7) is 10.2. The number of rotatable bonds is 10. The Labute approximate surface area is 293 Å². The lowest BCUT2D eigenvalue weighted by atomic mass is 10.0. The molecule has 0 saturated carbocycles. The Bertz CT molecular complexity index is 1770. The minimum Gasteiger partial charge on any atom is -0.497 e. The van der Waals surface area contributed by atoms with Crippen LogP contribution in [0.25, 0.3) is 0 Å². The summed E-state index contributed by atoms with van der Waals surface area (Å²) >= 11 is 0. The first-order chi connectivity index (χ1) is 24.3. The van der Waals surface area contributed by atoms with E-state index in [2.05, 4.69) is 32.0 Å². The fraction of sp³-hybridized carbons (Fsp3) is 0.405. The lowest BCUT2D eigenvalue weighted by molar-refractivity contribution is 0.0981. The second-order valence-electron chi connectivity index (χ2n) is 12.6. The van der Waals surface area contributed by atoms with Crippen LogP contribution in [-0.2, 0) is 0 Å². The van der Waals surface area contributed by atoms with Gasteiger partial charge in [0.25, 0.3) is 0 Å². The molecule has 0 radical (unpaired) electrons. The molecule has 2 aliphatic heterocycles. The number of hydrogen-bond donors (Lipinski definition) is 1. The predicted octanol–water partition coefficient (Wildman–Crippen LogP) is 5.81. The van der Waals surface area contributed by atoms with E-state index in [0.29, 0.717) is 40.4 Å². The first kappa shape index (κ1) is 34.7. The van der Waals surface area contributed by atoms with E-state index in [1.807, 2.05) is 38.1 Å². The molecule has 2 fully saturated rings. The van der Waals surface area contributed by atoms with Crippen molar-refractivity contribution in [2.24, 2.45) is 0 Å². The molecule has 1 N–H and O–H groups in total. The number of nitrogens with zero attached hydrogens (tertiary/aromatic N) is 7. The largest absolute Gasteiger partial charge is 0.497 e. The van der Waals surface area contributed by atoms with Gasteiger partial charge in [0.1, 0.15) is 40.3 Å². The van der Waals surface area contributed by atoms with Crippen LogP contribution in [0.1, 0.15) is 24.0 Å². The number of anilines is 5. The van der Waals surface area contributed by atoms with Crippen molar-refractivity contribution in [3.05, 3.63) is 72.1 Å². The lowest BCUT2D eigenvalue weighted by Crippen LogP contribution is -2.52. The minimum absolute atomic E-state index is 0.237. The zero-order chi connectivity index (χ0) is 35.2. The number of likely N-dealkylation sites (N-methyl/N-ethyl adjacent to an activating group) is 1. The summed E-state index contributed by atoms with van der Waals surface area (Å²) < 4.78 is 22.9. The van der Waals surface area contributed by atoms with Crippen molar-refractivity contribution in [2.45, 2.75) is 32.7 Å². The Morgan fingerprint density at radius 3 is 2.26 bits per heavy atom. The molecule has 0 unspecified atom stereocenters. The van der Waals surface area contributed by atoms with Gasteiger partial charge in [0.15, 0.2) is 0 Å². The van der Waals surface area contributed by atoms with Crippen LogP contribution in [0.3, 0.4) is 0 Å². The van der Waals surface area contributed by atoms with Gasteiger partial charge >= 0.3 is 6.09 Å². The third kappa shape index (κ3) is 7.68. The number of carbonyl (C=O) groups excluding carboxylic acids is 1. The van der Waals surface area contributed by atoms with Crippen molar-refractivity contribution in [2.75, 3.05) is 82.8 Å². The lowest BCUT2D eigenvalue weighted by Gasteiger charge is -2.42. The molecule has 2 saturated heterocycles. The van der Waals surface area contributed by atoms with Gasteiger partial charge in [-0.3, -0.25) is 4.90 Å². The highest BCUT2D eigenvalue weighted by Gasteiger charge is 2.29. The van der Waals surface area contributed by atoms with Gasteiger partial charge in [0, 0.05) is 69.7 Å². The number of piperazine rings is 1. The number of pyridine rings is 1. The van der Waals surface area contributed by atoms with Crippen LogP contribution in [0.2, 0.25) is 0 Å². The van der Waals surface area contributed by atoms with Gasteiger partial charge in [-0.05, 0) is 57.0 Å². The molecule has 13 nitrogen and oxygen atoms in total. The Hall–Kier alpha value is -5.14. The third-order valence-corrected chi connectivity index (χ3v) is 9.44. The van der Waals surface area contributed by atoms with Crippen LogP contribution in [0, 0.1) is 13.8 Å². The van der Waals surface area contributed by atoms with Crippen molar-refractivity contribution in [3.63, 3.8) is 0 Å². The maximum Gasteiger partial charge on any atom is 0.425 e. The molecular weight excluding hydrogens is 636 g/mol. The van der Waals surface area contributed by atoms with E-state index < -0.39 is 6.09 Å². The van der Waals surface area contributed by atoms with Crippen molar-refractivity contribution < 1.29 is 23.7 Å². The summed E-state index contributed by atoms with van der Waals surface area (Å²) in [6.07, 6.45) is 4.84. The predicted molar refractivity (Wildman–Crippen MR) is 194 cm³/mol. The number of aryl methyl sites for hydroxylation is 2. The average Bonchev–Trinajstić information content (AvgIpc) is 3.14. The van der Waals surface area contributed by atoms with E-state index in [1.165, 1.54) is 12.0 Å². The quantitative estimate of drug-likeness (QED) is 0.218. The van der Waals surface area contributed by atoms with E-state index in [-0.39, 0.29) is 11.8 Å². The molecule has 6 rings (SSSR count). The number of para-hydroxylation sites is 1. The number of nitrogens with one attached hydrogen (secondary N) is 1. The average molecular weight is 683 g/mol. The van der Waals surface area contributed by atoms with E-state index >= 15 is 0 Å². The third-order valence-electron chi connectivity index (χ3n) is 9.44. The number of carbonyl (C=O) groups is 1. The van der Waals surface area contributed by atoms with Gasteiger partial charge in [-0.15, -0.1) is 0 Å². The first-order valence-electron chi connectivity index (χ1n) is 16.9. The highest BCUT2D eigenvalue weighted by Crippen LogP contribution is 2.38. The summed E-state index contributed by atoms with van der Waals surface area (Å²) in [5.41, 5.74) is 2.65. The Morgan fingerprint density at radius 1 is 0.860 bits per heavy atom. The van der Waals surface area contributed by atoms with E-state index in [0.717, 1.165) is 69.1 Å². The first-order valence-corrected chi connectivity index (χ1v) is 16.9. The number of aromatic nitrogens is 3. The molecule has 0 bridgehead atoms. The highest BCUT2D eigenvalue weighted by atomic mass is 16.6. The molecule has 0 aliphatic carbocycles. The smallest absolute Gasteiger partial charge is 0.425 e. The summed E-state index contributed by atoms with van der Waals surface area (Å²) in [5.74, 6) is 3.40. The number of methoxy groups -OCH3 is 3. The molecule has 4 heterocycles. The fourth-order valence-corrected chi connectivity index (χ4v) is 6.54. The second-order valence-corrected chi connectivity index (χ2v) is 12.6. The number of hydrogen-bond acceptors (Lipinski definition) is 12. The number of ether oxygens (including phenoxy) is 4. The van der Waals surface area contributed by atoms with Gasteiger partial charge in [-0.25, -0.2) is 19.7 Å². The van der Waals surface area contributed by atoms with Crippen molar-refractivity contribution in [3.8, 4) is 23.0 Å². The molecule has 0 spiro atoms. The fourth-order valence-electron chi connectivity index (χ4n) is 6.54. The van der Waals surface area contributed by atoms with Crippen LogP contribution >= 0.6 is 0 Å². The standard InChI is InChI=1S/C37H46N8O5/c1-25-8-7-9-26(2)35(25)50-37(46)45(30-11-10-28(47-4)22-32(30)49-6)33-12-15-38-36(41-33)40-29-24-39-34(23-31(29)48-5)44-16-13-27(14-17-44)43-20-18-42(3)19-21-43/h7-12,15,22-24,27H,13-14,16-21H2,1-6H3,(H,38,40,41). The topological polar surface area (TPSA) is 118 Å². The zero-order valence-corrected chi connectivity index (χ0v) is 29.7. The summed E-state index contributed by atoms with van der Waals surface area (Å²) in [5, 5.41) is 3.24. The molecule has 2 aromatic heterocycles. The van der Waals surface area contributed by atoms with Crippen LogP contribution < -0.4 is 34.1 Å². The molecular formula is C37H46N8O5. The van der Waals surface area contributed by atoms with Gasteiger partial charge in [-0.1, -0.05) is 18.2 Å². The van der Waals surface area contributed by atoms with E-state index in [4.69, 9.17) is 28.9 Å². The number of amides is 1. The number of benzene rings is 2. The van der Waals surface area contributed by atoms with Gasteiger partial charge < -0.3 is 34.1 Å². The summed E-state index contributed by atoms with van der Waals surface area (Å²) in [4.78, 5) is 36.7. The molecule has 13 heteroatoms. The summed E-state index contributed by atoms with van der Waals surface area (Å²) in [7, 11) is 6.91. The molecule has 2 aromatic carbocycles. The maximum atomic E-state index is 14.0. The number of piperidine rings is 1.